The molecule has 0 fully saturated rings. The summed E-state index contributed by atoms with van der Waals surface area (Å²) in [6.07, 6.45) is 0.599. The van der Waals surface area contributed by atoms with Crippen molar-refractivity contribution in [2.45, 2.75) is 26.8 Å². The van der Waals surface area contributed by atoms with Crippen molar-refractivity contribution in [3.63, 3.8) is 0 Å². The maximum atomic E-state index is 12.1. The first-order valence-electron chi connectivity index (χ1n) is 9.25. The summed E-state index contributed by atoms with van der Waals surface area (Å²) >= 11 is 6.25. The second-order valence-corrected chi connectivity index (χ2v) is 7.39. The predicted octanol–water partition coefficient (Wildman–Crippen LogP) is 4.83. The van der Waals surface area contributed by atoms with Crippen LogP contribution in [0, 0.1) is 6.92 Å². The number of fused-ring (bicyclic) bond motifs is 2. The minimum atomic E-state index is -0.618. The van der Waals surface area contributed by atoms with Crippen LogP contribution < -0.4 is 0 Å². The van der Waals surface area contributed by atoms with Gasteiger partial charge in [-0.2, -0.15) is 0 Å². The van der Waals surface area contributed by atoms with Crippen molar-refractivity contribution in [2.24, 2.45) is 0 Å². The van der Waals surface area contributed by atoms with Crippen molar-refractivity contribution >= 4 is 45.3 Å². The second kappa shape index (κ2) is 7.68. The summed E-state index contributed by atoms with van der Waals surface area (Å²) in [6, 6.07) is 17.6. The van der Waals surface area contributed by atoms with E-state index in [4.69, 9.17) is 21.3 Å². The molecule has 0 saturated carbocycles. The third-order valence-electron chi connectivity index (χ3n) is 4.97. The highest BCUT2D eigenvalue weighted by atomic mass is 35.5. The number of para-hydroxylation sites is 1. The maximum absolute atomic E-state index is 12.1. The van der Waals surface area contributed by atoms with Crippen molar-refractivity contribution < 1.29 is 14.3 Å². The normalized spacial score (nSPS) is 11.1. The third-order valence-corrected chi connectivity index (χ3v) is 5.21. The molecule has 0 unspecified atom stereocenters. The summed E-state index contributed by atoms with van der Waals surface area (Å²) in [5.41, 5.74) is 4.69. The van der Waals surface area contributed by atoms with Crippen LogP contribution in [0.25, 0.3) is 21.8 Å². The molecule has 2 aromatic heterocycles. The number of aromatic nitrogens is 2. The zero-order valence-corrected chi connectivity index (χ0v) is 16.9. The summed E-state index contributed by atoms with van der Waals surface area (Å²) in [5, 5.41) is 2.67. The molecule has 0 aliphatic heterocycles. The minimum absolute atomic E-state index is 0.0469. The van der Waals surface area contributed by atoms with Crippen LogP contribution in [-0.2, 0) is 27.3 Å². The van der Waals surface area contributed by atoms with Crippen LogP contribution in [0.5, 0.6) is 0 Å². The lowest BCUT2D eigenvalue weighted by Crippen LogP contribution is -2.17. The maximum Gasteiger partial charge on any atom is 0.333 e. The van der Waals surface area contributed by atoms with E-state index >= 15 is 0 Å². The van der Waals surface area contributed by atoms with E-state index in [1.807, 2.05) is 54.0 Å². The molecule has 5 nitrogen and oxygen atoms in total. The fourth-order valence-electron chi connectivity index (χ4n) is 3.66. The van der Waals surface area contributed by atoms with E-state index < -0.39 is 11.9 Å². The Labute approximate surface area is 172 Å². The van der Waals surface area contributed by atoms with E-state index in [1.54, 1.807) is 6.07 Å². The summed E-state index contributed by atoms with van der Waals surface area (Å²) in [4.78, 5) is 28.0. The van der Waals surface area contributed by atoms with Gasteiger partial charge in [0.15, 0.2) is 0 Å². The number of carbonyl (C=O) groups excluding carboxylic acids is 2. The van der Waals surface area contributed by atoms with Gasteiger partial charge in [0.05, 0.1) is 5.52 Å². The zero-order chi connectivity index (χ0) is 20.5. The first kappa shape index (κ1) is 19.2. The smallest absolute Gasteiger partial charge is 0.333 e. The highest BCUT2D eigenvalue weighted by Crippen LogP contribution is 2.30. The SMILES string of the molecule is CC(=O)OC(=O)Cn1c(C)c(Cc2ccc3ccccc3n2)c2cc(Cl)ccc21. The minimum Gasteiger partial charge on any atom is -0.392 e. The van der Waals surface area contributed by atoms with Crippen LogP contribution in [0.4, 0.5) is 0 Å². The topological polar surface area (TPSA) is 61.2 Å². The van der Waals surface area contributed by atoms with Gasteiger partial charge in [-0.1, -0.05) is 35.9 Å². The Morgan fingerprint density at radius 2 is 1.90 bits per heavy atom. The van der Waals surface area contributed by atoms with Crippen LogP contribution in [-0.4, -0.2) is 21.5 Å². The Morgan fingerprint density at radius 3 is 2.69 bits per heavy atom. The van der Waals surface area contributed by atoms with Crippen molar-refractivity contribution in [2.75, 3.05) is 0 Å². The Kier molecular flexibility index (Phi) is 5.07. The quantitative estimate of drug-likeness (QED) is 0.359. The largest absolute Gasteiger partial charge is 0.392 e. The predicted molar refractivity (Wildman–Crippen MR) is 113 cm³/mol. The number of benzene rings is 2. The van der Waals surface area contributed by atoms with Gasteiger partial charge < -0.3 is 9.30 Å². The molecule has 0 bridgehead atoms. The fourth-order valence-corrected chi connectivity index (χ4v) is 3.83. The molecule has 2 heterocycles. The number of carbonyl (C=O) groups is 2. The molecule has 6 heteroatoms. The second-order valence-electron chi connectivity index (χ2n) is 6.95. The molecule has 0 amide bonds. The molecule has 0 radical (unpaired) electrons. The number of hydrogen-bond acceptors (Lipinski definition) is 4. The standard InChI is InChI=1S/C23H19ClN2O3/c1-14-19(12-18-9-7-16-5-3-4-6-21(16)25-18)20-11-17(24)8-10-22(20)26(14)13-23(28)29-15(2)27/h3-11H,12-13H2,1-2H3. The van der Waals surface area contributed by atoms with E-state index in [0.29, 0.717) is 11.4 Å². The lowest BCUT2D eigenvalue weighted by Gasteiger charge is -2.08. The summed E-state index contributed by atoms with van der Waals surface area (Å²) in [7, 11) is 0. The lowest BCUT2D eigenvalue weighted by atomic mass is 10.0. The van der Waals surface area contributed by atoms with E-state index in [9.17, 15) is 9.59 Å². The van der Waals surface area contributed by atoms with E-state index in [0.717, 1.165) is 38.8 Å². The van der Waals surface area contributed by atoms with Gasteiger partial charge in [0.2, 0.25) is 0 Å². The number of ether oxygens (including phenoxy) is 1. The summed E-state index contributed by atoms with van der Waals surface area (Å²) in [6.45, 7) is 3.12. The Bertz CT molecular complexity index is 1260. The highest BCUT2D eigenvalue weighted by Gasteiger charge is 2.18. The molecule has 146 valence electrons. The highest BCUT2D eigenvalue weighted by molar-refractivity contribution is 6.31. The molecule has 0 spiro atoms. The van der Waals surface area contributed by atoms with Crippen LogP contribution >= 0.6 is 11.6 Å². The van der Waals surface area contributed by atoms with E-state index in [1.165, 1.54) is 6.92 Å². The van der Waals surface area contributed by atoms with E-state index in [-0.39, 0.29) is 6.54 Å². The lowest BCUT2D eigenvalue weighted by molar-refractivity contribution is -0.158. The first-order valence-corrected chi connectivity index (χ1v) is 9.63. The number of nitrogens with zero attached hydrogens (tertiary/aromatic N) is 2. The van der Waals surface area contributed by atoms with Gasteiger partial charge >= 0.3 is 11.9 Å². The van der Waals surface area contributed by atoms with Crippen LogP contribution in [0.2, 0.25) is 5.02 Å². The molecule has 2 aromatic carbocycles. The van der Waals surface area contributed by atoms with Gasteiger partial charge in [-0.3, -0.25) is 9.78 Å². The van der Waals surface area contributed by atoms with Crippen molar-refractivity contribution in [3.8, 4) is 0 Å². The Hall–Kier alpha value is -3.18. The van der Waals surface area contributed by atoms with Crippen molar-refractivity contribution in [1.82, 2.24) is 9.55 Å². The van der Waals surface area contributed by atoms with Crippen molar-refractivity contribution in [1.29, 1.82) is 0 Å². The molecule has 0 aliphatic rings. The van der Waals surface area contributed by atoms with Crippen molar-refractivity contribution in [3.05, 3.63) is 76.6 Å². The summed E-state index contributed by atoms with van der Waals surface area (Å²) in [5.74, 6) is -1.21. The Balaban J connectivity index is 1.78. The number of pyridine rings is 1. The van der Waals surface area contributed by atoms with Crippen LogP contribution in [0.1, 0.15) is 23.9 Å². The average Bonchev–Trinajstić information content (AvgIpc) is 2.92. The zero-order valence-electron chi connectivity index (χ0n) is 16.1. The molecule has 0 N–H and O–H groups in total. The van der Waals surface area contributed by atoms with Crippen LogP contribution in [0.15, 0.2) is 54.6 Å². The molecule has 0 atom stereocenters. The fraction of sp³-hybridized carbons (Fsp3) is 0.174. The molecular formula is C23H19ClN2O3. The third kappa shape index (κ3) is 3.87. The van der Waals surface area contributed by atoms with Crippen LogP contribution in [0.3, 0.4) is 0 Å². The van der Waals surface area contributed by atoms with Gasteiger partial charge in [-0.25, -0.2) is 4.79 Å². The Morgan fingerprint density at radius 1 is 1.10 bits per heavy atom. The monoisotopic (exact) mass is 406 g/mol. The van der Waals surface area contributed by atoms with E-state index in [2.05, 4.69) is 6.07 Å². The summed E-state index contributed by atoms with van der Waals surface area (Å²) < 4.78 is 6.57. The van der Waals surface area contributed by atoms with Gasteiger partial charge in [0, 0.05) is 46.0 Å². The average molecular weight is 407 g/mol. The van der Waals surface area contributed by atoms with Gasteiger partial charge in [-0.15, -0.1) is 0 Å². The molecule has 29 heavy (non-hydrogen) atoms. The molecule has 4 rings (SSSR count). The van der Waals surface area contributed by atoms with Gasteiger partial charge in [0.25, 0.3) is 0 Å². The number of halogens is 1. The number of esters is 2. The molecule has 4 aromatic rings. The molecular weight excluding hydrogens is 388 g/mol. The number of rotatable bonds is 4. The molecule has 0 saturated heterocycles. The number of hydrogen-bond donors (Lipinski definition) is 0. The van der Waals surface area contributed by atoms with Gasteiger partial charge in [-0.05, 0) is 42.8 Å². The van der Waals surface area contributed by atoms with Gasteiger partial charge in [0.1, 0.15) is 6.54 Å². The molecule has 0 aliphatic carbocycles. The first-order chi connectivity index (χ1) is 13.9.